The van der Waals surface area contributed by atoms with Crippen LogP contribution in [0, 0.1) is 6.92 Å². The Morgan fingerprint density at radius 3 is 2.48 bits per heavy atom. The predicted molar refractivity (Wildman–Crippen MR) is 136 cm³/mol. The van der Waals surface area contributed by atoms with E-state index in [4.69, 9.17) is 11.6 Å². The standard InChI is InChI=1S/C27H29ClN2O2S/c1-19-14-15-22(17-24(19)28)30(25(31)18-23-13-8-16-33-23)26(20-9-4-2-5-10-20)27(32)29-21-11-6-3-7-12-21/h2,4-5,8-10,13-17,21,26H,3,6-7,11-12,18H2,1H3,(H,29,32). The van der Waals surface area contributed by atoms with Crippen molar-refractivity contribution in [1.29, 1.82) is 0 Å². The maximum Gasteiger partial charge on any atom is 0.248 e. The Morgan fingerprint density at radius 2 is 1.82 bits per heavy atom. The van der Waals surface area contributed by atoms with Crippen molar-refractivity contribution in [3.05, 3.63) is 87.1 Å². The van der Waals surface area contributed by atoms with Crippen molar-refractivity contribution in [3.8, 4) is 0 Å². The first-order valence-corrected chi connectivity index (χ1v) is 12.7. The Morgan fingerprint density at radius 1 is 1.06 bits per heavy atom. The monoisotopic (exact) mass is 480 g/mol. The maximum absolute atomic E-state index is 13.8. The number of hydrogen-bond acceptors (Lipinski definition) is 3. The molecule has 6 heteroatoms. The number of anilines is 1. The predicted octanol–water partition coefficient (Wildman–Crippen LogP) is 6.48. The van der Waals surface area contributed by atoms with Crippen LogP contribution in [0.3, 0.4) is 0 Å². The minimum absolute atomic E-state index is 0.134. The van der Waals surface area contributed by atoms with E-state index in [1.165, 1.54) is 17.8 Å². The smallest absolute Gasteiger partial charge is 0.248 e. The quantitative estimate of drug-likeness (QED) is 0.421. The van der Waals surface area contributed by atoms with Gasteiger partial charge in [0.2, 0.25) is 11.8 Å². The van der Waals surface area contributed by atoms with Crippen LogP contribution in [0.15, 0.2) is 66.0 Å². The number of nitrogens with zero attached hydrogens (tertiary/aromatic N) is 1. The summed E-state index contributed by atoms with van der Waals surface area (Å²) in [6.07, 6.45) is 5.63. The molecule has 0 spiro atoms. The van der Waals surface area contributed by atoms with E-state index in [1.807, 2.05) is 66.9 Å². The van der Waals surface area contributed by atoms with E-state index in [2.05, 4.69) is 5.32 Å². The van der Waals surface area contributed by atoms with Crippen molar-refractivity contribution in [2.45, 2.75) is 57.5 Å². The van der Waals surface area contributed by atoms with E-state index in [0.717, 1.165) is 41.7 Å². The molecule has 1 N–H and O–H groups in total. The van der Waals surface area contributed by atoms with Crippen LogP contribution in [0.2, 0.25) is 5.02 Å². The molecule has 1 atom stereocenters. The molecule has 1 heterocycles. The lowest BCUT2D eigenvalue weighted by atomic mass is 9.94. The highest BCUT2D eigenvalue weighted by molar-refractivity contribution is 7.10. The molecule has 1 saturated carbocycles. The molecule has 1 aliphatic rings. The van der Waals surface area contributed by atoms with Crippen molar-refractivity contribution in [2.75, 3.05) is 4.90 Å². The average molecular weight is 481 g/mol. The van der Waals surface area contributed by atoms with Crippen molar-refractivity contribution >= 4 is 40.4 Å². The Hall–Kier alpha value is -2.63. The molecule has 1 aliphatic carbocycles. The second-order valence-electron chi connectivity index (χ2n) is 8.61. The summed E-state index contributed by atoms with van der Waals surface area (Å²) in [6, 6.07) is 18.3. The highest BCUT2D eigenvalue weighted by Gasteiger charge is 2.34. The van der Waals surface area contributed by atoms with Crippen molar-refractivity contribution in [3.63, 3.8) is 0 Å². The summed E-state index contributed by atoms with van der Waals surface area (Å²) in [5.41, 5.74) is 2.33. The van der Waals surface area contributed by atoms with E-state index >= 15 is 0 Å². The van der Waals surface area contributed by atoms with E-state index in [-0.39, 0.29) is 24.3 Å². The van der Waals surface area contributed by atoms with Gasteiger partial charge in [0.15, 0.2) is 0 Å². The summed E-state index contributed by atoms with van der Waals surface area (Å²) in [5.74, 6) is -0.283. The molecule has 0 radical (unpaired) electrons. The first-order chi connectivity index (χ1) is 16.0. The van der Waals surface area contributed by atoms with Crippen molar-refractivity contribution in [2.24, 2.45) is 0 Å². The molecular weight excluding hydrogens is 452 g/mol. The van der Waals surface area contributed by atoms with Crippen LogP contribution in [-0.2, 0) is 16.0 Å². The van der Waals surface area contributed by atoms with Crippen LogP contribution in [0.4, 0.5) is 5.69 Å². The number of carbonyl (C=O) groups is 2. The van der Waals surface area contributed by atoms with Gasteiger partial charge < -0.3 is 5.32 Å². The molecule has 172 valence electrons. The molecule has 0 bridgehead atoms. The van der Waals surface area contributed by atoms with Gasteiger partial charge in [-0.05, 0) is 54.5 Å². The zero-order chi connectivity index (χ0) is 23.2. The third-order valence-corrected chi connectivity index (χ3v) is 7.46. The lowest BCUT2D eigenvalue weighted by Gasteiger charge is -2.33. The van der Waals surface area contributed by atoms with Crippen LogP contribution in [0.5, 0.6) is 0 Å². The Balaban J connectivity index is 1.74. The van der Waals surface area contributed by atoms with Gasteiger partial charge in [0, 0.05) is 21.6 Å². The Bertz CT molecular complexity index is 1080. The second-order valence-corrected chi connectivity index (χ2v) is 10.0. The fourth-order valence-corrected chi connectivity index (χ4v) is 5.27. The van der Waals surface area contributed by atoms with Gasteiger partial charge >= 0.3 is 0 Å². The zero-order valence-corrected chi connectivity index (χ0v) is 20.4. The van der Waals surface area contributed by atoms with Gasteiger partial charge in [0.25, 0.3) is 0 Å². The molecule has 33 heavy (non-hydrogen) atoms. The van der Waals surface area contributed by atoms with E-state index in [1.54, 1.807) is 11.0 Å². The highest BCUT2D eigenvalue weighted by atomic mass is 35.5. The molecule has 3 aromatic rings. The molecule has 4 rings (SSSR count). The summed E-state index contributed by atoms with van der Waals surface area (Å²) >= 11 is 7.99. The number of carbonyl (C=O) groups excluding carboxylic acids is 2. The van der Waals surface area contributed by atoms with E-state index < -0.39 is 6.04 Å². The van der Waals surface area contributed by atoms with E-state index in [9.17, 15) is 9.59 Å². The van der Waals surface area contributed by atoms with Crippen LogP contribution in [0.25, 0.3) is 0 Å². The summed E-state index contributed by atoms with van der Waals surface area (Å²) in [6.45, 7) is 1.92. The SMILES string of the molecule is Cc1ccc(N(C(=O)Cc2cccs2)C(C(=O)NC2CCCCC2)c2ccccc2)cc1Cl. The first-order valence-electron chi connectivity index (χ1n) is 11.5. The van der Waals surface area contributed by atoms with Gasteiger partial charge in [0.05, 0.1) is 6.42 Å². The van der Waals surface area contributed by atoms with Gasteiger partial charge in [0.1, 0.15) is 6.04 Å². The molecule has 1 fully saturated rings. The number of rotatable bonds is 7. The third-order valence-electron chi connectivity index (χ3n) is 6.18. The molecule has 1 aromatic heterocycles. The lowest BCUT2D eigenvalue weighted by Crippen LogP contribution is -2.47. The van der Waals surface area contributed by atoms with Crippen molar-refractivity contribution in [1.82, 2.24) is 5.32 Å². The zero-order valence-electron chi connectivity index (χ0n) is 18.8. The number of halogens is 1. The molecule has 1 unspecified atom stereocenters. The topological polar surface area (TPSA) is 49.4 Å². The highest BCUT2D eigenvalue weighted by Crippen LogP contribution is 2.32. The van der Waals surface area contributed by atoms with E-state index in [0.29, 0.717) is 10.7 Å². The maximum atomic E-state index is 13.8. The molecule has 0 aliphatic heterocycles. The van der Waals surface area contributed by atoms with Crippen LogP contribution in [0.1, 0.15) is 54.1 Å². The van der Waals surface area contributed by atoms with Gasteiger partial charge in [-0.2, -0.15) is 0 Å². The second kappa shape index (κ2) is 11.0. The largest absolute Gasteiger partial charge is 0.351 e. The first kappa shape index (κ1) is 23.5. The fourth-order valence-electron chi connectivity index (χ4n) is 4.40. The Labute approximate surface area is 204 Å². The van der Waals surface area contributed by atoms with Gasteiger partial charge in [-0.3, -0.25) is 14.5 Å². The van der Waals surface area contributed by atoms with Gasteiger partial charge in [-0.1, -0.05) is 73.3 Å². The molecule has 2 aromatic carbocycles. The van der Waals surface area contributed by atoms with Gasteiger partial charge in [-0.15, -0.1) is 11.3 Å². The third kappa shape index (κ3) is 5.84. The summed E-state index contributed by atoms with van der Waals surface area (Å²) in [5, 5.41) is 5.77. The molecular formula is C27H29ClN2O2S. The molecule has 0 saturated heterocycles. The van der Waals surface area contributed by atoms with Crippen LogP contribution >= 0.6 is 22.9 Å². The molecule has 4 nitrogen and oxygen atoms in total. The number of thiophene rings is 1. The van der Waals surface area contributed by atoms with Crippen LogP contribution < -0.4 is 10.2 Å². The minimum atomic E-state index is -0.778. The normalized spacial score (nSPS) is 15.1. The Kier molecular flexibility index (Phi) is 7.84. The number of aryl methyl sites for hydroxylation is 1. The van der Waals surface area contributed by atoms with Gasteiger partial charge in [-0.25, -0.2) is 0 Å². The number of amides is 2. The summed E-state index contributed by atoms with van der Waals surface area (Å²) in [4.78, 5) is 30.1. The fraction of sp³-hybridized carbons (Fsp3) is 0.333. The number of hydrogen-bond donors (Lipinski definition) is 1. The minimum Gasteiger partial charge on any atom is -0.351 e. The van der Waals surface area contributed by atoms with Crippen molar-refractivity contribution < 1.29 is 9.59 Å². The summed E-state index contributed by atoms with van der Waals surface area (Å²) < 4.78 is 0. The average Bonchev–Trinajstić information content (AvgIpc) is 3.33. The molecule has 2 amide bonds. The number of benzene rings is 2. The number of nitrogens with one attached hydrogen (secondary N) is 1. The summed E-state index contributed by atoms with van der Waals surface area (Å²) in [7, 11) is 0. The lowest BCUT2D eigenvalue weighted by molar-refractivity contribution is -0.127. The van der Waals surface area contributed by atoms with Crippen LogP contribution in [-0.4, -0.2) is 17.9 Å².